The highest BCUT2D eigenvalue weighted by Crippen LogP contribution is 2.19. The molecular formula is C15H13N5O. The van der Waals surface area contributed by atoms with Gasteiger partial charge in [0, 0.05) is 0 Å². The number of fused-ring (bicyclic) bond motifs is 4. The fraction of sp³-hybridized carbons (Fsp3) is 0.200. The lowest BCUT2D eigenvalue weighted by Gasteiger charge is -2.07. The van der Waals surface area contributed by atoms with Crippen LogP contribution >= 0.6 is 0 Å². The predicted molar refractivity (Wildman–Crippen MR) is 80.5 cm³/mol. The van der Waals surface area contributed by atoms with Crippen molar-refractivity contribution >= 4 is 27.7 Å². The number of rotatable bonds is 1. The highest BCUT2D eigenvalue weighted by Gasteiger charge is 2.11. The Morgan fingerprint density at radius 2 is 1.90 bits per heavy atom. The summed E-state index contributed by atoms with van der Waals surface area (Å²) in [6.45, 7) is 4.20. The van der Waals surface area contributed by atoms with Gasteiger partial charge in [-0.3, -0.25) is 4.79 Å². The van der Waals surface area contributed by atoms with Crippen LogP contribution < -0.4 is 5.56 Å². The molecule has 1 N–H and O–H groups in total. The third-order valence-corrected chi connectivity index (χ3v) is 3.74. The molecule has 0 atom stereocenters. The number of hydrogen-bond acceptors (Lipinski definition) is 4. The number of hydrogen-bond donors (Lipinski definition) is 1. The average Bonchev–Trinajstić information content (AvgIpc) is 2.95. The molecule has 0 bridgehead atoms. The maximum atomic E-state index is 12.8. The van der Waals surface area contributed by atoms with Gasteiger partial charge in [0.25, 0.3) is 5.56 Å². The molecular weight excluding hydrogens is 266 g/mol. The fourth-order valence-electron chi connectivity index (χ4n) is 2.56. The molecule has 0 aliphatic heterocycles. The van der Waals surface area contributed by atoms with Crippen LogP contribution in [-0.2, 0) is 0 Å². The zero-order chi connectivity index (χ0) is 14.6. The van der Waals surface area contributed by atoms with Crippen molar-refractivity contribution in [2.75, 3.05) is 0 Å². The molecule has 104 valence electrons. The highest BCUT2D eigenvalue weighted by atomic mass is 16.1. The van der Waals surface area contributed by atoms with Crippen LogP contribution in [0, 0.1) is 0 Å². The van der Waals surface area contributed by atoms with E-state index in [1.165, 1.54) is 4.40 Å². The van der Waals surface area contributed by atoms with E-state index in [2.05, 4.69) is 34.2 Å². The van der Waals surface area contributed by atoms with Crippen molar-refractivity contribution in [1.29, 1.82) is 0 Å². The first-order valence-electron chi connectivity index (χ1n) is 6.81. The number of pyridine rings is 1. The summed E-state index contributed by atoms with van der Waals surface area (Å²) in [4.78, 5) is 17.4. The monoisotopic (exact) mass is 279 g/mol. The van der Waals surface area contributed by atoms with Crippen LogP contribution in [-0.4, -0.2) is 24.8 Å². The van der Waals surface area contributed by atoms with Gasteiger partial charge in [0.2, 0.25) is 0 Å². The van der Waals surface area contributed by atoms with Gasteiger partial charge in [-0.15, -0.1) is 5.10 Å². The molecule has 0 saturated heterocycles. The van der Waals surface area contributed by atoms with Crippen molar-refractivity contribution in [1.82, 2.24) is 24.8 Å². The lowest BCUT2D eigenvalue weighted by atomic mass is 10.0. The maximum Gasteiger partial charge on any atom is 0.267 e. The van der Waals surface area contributed by atoms with Crippen LogP contribution in [0.3, 0.4) is 0 Å². The van der Waals surface area contributed by atoms with E-state index in [0.29, 0.717) is 33.6 Å². The minimum absolute atomic E-state index is 0.114. The van der Waals surface area contributed by atoms with Gasteiger partial charge in [0.05, 0.1) is 10.9 Å². The quantitative estimate of drug-likeness (QED) is 0.542. The number of nitrogens with one attached hydrogen (secondary N) is 1. The van der Waals surface area contributed by atoms with Gasteiger partial charge in [-0.25, -0.2) is 9.38 Å². The van der Waals surface area contributed by atoms with E-state index in [9.17, 15) is 4.79 Å². The summed E-state index contributed by atoms with van der Waals surface area (Å²) in [5.74, 6) is 0.359. The van der Waals surface area contributed by atoms with E-state index in [4.69, 9.17) is 0 Å². The van der Waals surface area contributed by atoms with Gasteiger partial charge in [0.1, 0.15) is 11.2 Å². The SMILES string of the molecule is CC(C)c1ccc2nc3ccc4n[nH]nc4n3c(=O)c2c1. The van der Waals surface area contributed by atoms with Gasteiger partial charge >= 0.3 is 0 Å². The summed E-state index contributed by atoms with van der Waals surface area (Å²) in [6, 6.07) is 9.42. The van der Waals surface area contributed by atoms with Gasteiger partial charge in [-0.2, -0.15) is 10.3 Å². The van der Waals surface area contributed by atoms with Gasteiger partial charge < -0.3 is 0 Å². The second-order valence-electron chi connectivity index (χ2n) is 5.41. The summed E-state index contributed by atoms with van der Waals surface area (Å²) in [6.07, 6.45) is 0. The summed E-state index contributed by atoms with van der Waals surface area (Å²) in [5, 5.41) is 11.2. The van der Waals surface area contributed by atoms with E-state index in [1.807, 2.05) is 18.2 Å². The molecule has 0 amide bonds. The van der Waals surface area contributed by atoms with Crippen LogP contribution in [0.1, 0.15) is 25.3 Å². The van der Waals surface area contributed by atoms with Crippen LogP contribution in [0.15, 0.2) is 35.1 Å². The summed E-state index contributed by atoms with van der Waals surface area (Å²) >= 11 is 0. The summed E-state index contributed by atoms with van der Waals surface area (Å²) < 4.78 is 1.51. The lowest BCUT2D eigenvalue weighted by molar-refractivity contribution is 0.868. The van der Waals surface area contributed by atoms with Gasteiger partial charge in [-0.05, 0) is 35.7 Å². The molecule has 0 spiro atoms. The fourth-order valence-corrected chi connectivity index (χ4v) is 2.56. The van der Waals surface area contributed by atoms with E-state index < -0.39 is 0 Å². The first kappa shape index (κ1) is 12.0. The Balaban J connectivity index is 2.23. The Morgan fingerprint density at radius 1 is 1.10 bits per heavy atom. The molecule has 1 aromatic carbocycles. The Labute approximate surface area is 119 Å². The highest BCUT2D eigenvalue weighted by molar-refractivity contribution is 5.83. The minimum atomic E-state index is -0.114. The largest absolute Gasteiger partial charge is 0.268 e. The van der Waals surface area contributed by atoms with Crippen molar-refractivity contribution in [2.24, 2.45) is 0 Å². The normalized spacial score (nSPS) is 12.0. The van der Waals surface area contributed by atoms with Crippen LogP contribution in [0.25, 0.3) is 27.7 Å². The Hall–Kier alpha value is -2.76. The van der Waals surface area contributed by atoms with Crippen molar-refractivity contribution < 1.29 is 0 Å². The van der Waals surface area contributed by atoms with E-state index in [0.717, 1.165) is 5.56 Å². The predicted octanol–water partition coefficient (Wildman–Crippen LogP) is 2.24. The third kappa shape index (κ3) is 1.65. The molecule has 6 heteroatoms. The minimum Gasteiger partial charge on any atom is -0.268 e. The van der Waals surface area contributed by atoms with E-state index in [1.54, 1.807) is 12.1 Å². The second-order valence-corrected chi connectivity index (χ2v) is 5.41. The molecule has 0 fully saturated rings. The number of H-pyrrole nitrogens is 1. The maximum absolute atomic E-state index is 12.8. The van der Waals surface area contributed by atoms with Crippen molar-refractivity contribution in [3.05, 3.63) is 46.2 Å². The van der Waals surface area contributed by atoms with Gasteiger partial charge in [-0.1, -0.05) is 19.9 Å². The first-order valence-corrected chi connectivity index (χ1v) is 6.81. The summed E-state index contributed by atoms with van der Waals surface area (Å²) in [7, 11) is 0. The van der Waals surface area contributed by atoms with Crippen LogP contribution in [0.5, 0.6) is 0 Å². The van der Waals surface area contributed by atoms with Crippen molar-refractivity contribution in [2.45, 2.75) is 19.8 Å². The third-order valence-electron chi connectivity index (χ3n) is 3.74. The van der Waals surface area contributed by atoms with Crippen molar-refractivity contribution in [3.63, 3.8) is 0 Å². The number of aromatic nitrogens is 5. The van der Waals surface area contributed by atoms with Crippen LogP contribution in [0.4, 0.5) is 0 Å². The molecule has 3 heterocycles. The molecule has 3 aromatic heterocycles. The van der Waals surface area contributed by atoms with Crippen LogP contribution in [0.2, 0.25) is 0 Å². The molecule has 0 saturated carbocycles. The topological polar surface area (TPSA) is 75.9 Å². The number of benzene rings is 1. The van der Waals surface area contributed by atoms with Gasteiger partial charge in [0.15, 0.2) is 5.65 Å². The number of aromatic amines is 1. The Morgan fingerprint density at radius 3 is 2.71 bits per heavy atom. The first-order chi connectivity index (χ1) is 10.1. The number of nitrogens with zero attached hydrogens (tertiary/aromatic N) is 4. The van der Waals surface area contributed by atoms with E-state index >= 15 is 0 Å². The molecule has 0 unspecified atom stereocenters. The standard InChI is InChI=1S/C15H13N5O/c1-8(2)9-3-4-11-10(7-9)15(21)20-13(16-11)6-5-12-14(20)18-19-17-12/h3-8H,1-2H3,(H,17,18,19). The molecule has 0 aliphatic carbocycles. The molecule has 6 nitrogen and oxygen atoms in total. The Kier molecular flexibility index (Phi) is 2.35. The lowest BCUT2D eigenvalue weighted by Crippen LogP contribution is -2.16. The molecule has 4 aromatic rings. The molecule has 4 rings (SSSR count). The average molecular weight is 279 g/mol. The van der Waals surface area contributed by atoms with E-state index in [-0.39, 0.29) is 5.56 Å². The summed E-state index contributed by atoms with van der Waals surface area (Å²) in [5.41, 5.74) is 3.43. The molecule has 0 aliphatic rings. The van der Waals surface area contributed by atoms with Crippen molar-refractivity contribution in [3.8, 4) is 0 Å². The molecule has 21 heavy (non-hydrogen) atoms. The Bertz CT molecular complexity index is 1040. The zero-order valence-electron chi connectivity index (χ0n) is 11.7. The smallest absolute Gasteiger partial charge is 0.267 e. The second kappa shape index (κ2) is 4.12. The molecule has 0 radical (unpaired) electrons. The zero-order valence-corrected chi connectivity index (χ0v) is 11.7.